The van der Waals surface area contributed by atoms with Crippen LogP contribution in [0.1, 0.15) is 24.8 Å². The second kappa shape index (κ2) is 5.51. The van der Waals surface area contributed by atoms with E-state index in [1.807, 2.05) is 30.3 Å². The van der Waals surface area contributed by atoms with E-state index < -0.39 is 5.97 Å². The Labute approximate surface area is 93.7 Å². The number of alkyl halides is 1. The first-order chi connectivity index (χ1) is 7.11. The molecule has 0 fully saturated rings. The highest BCUT2D eigenvalue weighted by molar-refractivity contribution is 6.31. The molecule has 0 saturated carbocycles. The van der Waals surface area contributed by atoms with Gasteiger partial charge in [-0.25, -0.2) is 4.79 Å². The van der Waals surface area contributed by atoms with E-state index in [0.29, 0.717) is 5.71 Å². The van der Waals surface area contributed by atoms with Crippen molar-refractivity contribution in [3.63, 3.8) is 0 Å². The SMILES string of the molecule is CC(=O)ON=C(C)C(Cl)c1ccccc1. The van der Waals surface area contributed by atoms with E-state index in [2.05, 4.69) is 9.99 Å². The van der Waals surface area contributed by atoms with Gasteiger partial charge < -0.3 is 4.84 Å². The zero-order chi connectivity index (χ0) is 11.3. The van der Waals surface area contributed by atoms with Crippen molar-refractivity contribution >= 4 is 23.3 Å². The van der Waals surface area contributed by atoms with Crippen molar-refractivity contribution in [1.82, 2.24) is 0 Å². The molecule has 1 atom stereocenters. The molecule has 1 rings (SSSR count). The molecule has 0 radical (unpaired) electrons. The van der Waals surface area contributed by atoms with Gasteiger partial charge in [-0.3, -0.25) is 0 Å². The number of hydrogen-bond donors (Lipinski definition) is 0. The van der Waals surface area contributed by atoms with Crippen LogP contribution in [0.25, 0.3) is 0 Å². The highest BCUT2D eigenvalue weighted by Crippen LogP contribution is 2.21. The maximum Gasteiger partial charge on any atom is 0.331 e. The van der Waals surface area contributed by atoms with Gasteiger partial charge in [0.1, 0.15) is 0 Å². The molecule has 0 saturated heterocycles. The lowest BCUT2D eigenvalue weighted by Crippen LogP contribution is -2.04. The predicted octanol–water partition coefficient (Wildman–Crippen LogP) is 2.91. The third-order valence-corrected chi connectivity index (χ3v) is 2.34. The Morgan fingerprint density at radius 3 is 2.47 bits per heavy atom. The summed E-state index contributed by atoms with van der Waals surface area (Å²) in [6, 6.07) is 9.48. The van der Waals surface area contributed by atoms with Gasteiger partial charge in [0.15, 0.2) is 0 Å². The van der Waals surface area contributed by atoms with E-state index in [1.54, 1.807) is 6.92 Å². The summed E-state index contributed by atoms with van der Waals surface area (Å²) in [4.78, 5) is 15.0. The molecule has 0 N–H and O–H groups in total. The molecule has 1 unspecified atom stereocenters. The van der Waals surface area contributed by atoms with Crippen molar-refractivity contribution in [2.45, 2.75) is 19.2 Å². The van der Waals surface area contributed by atoms with Gasteiger partial charge in [0, 0.05) is 6.92 Å². The topological polar surface area (TPSA) is 38.7 Å². The van der Waals surface area contributed by atoms with Crippen LogP contribution < -0.4 is 0 Å². The monoisotopic (exact) mass is 225 g/mol. The molecule has 0 aromatic heterocycles. The Balaban J connectivity index is 2.72. The van der Waals surface area contributed by atoms with Crippen LogP contribution in [0.4, 0.5) is 0 Å². The first kappa shape index (κ1) is 11.7. The van der Waals surface area contributed by atoms with Gasteiger partial charge in [0.05, 0.1) is 11.1 Å². The van der Waals surface area contributed by atoms with E-state index in [0.717, 1.165) is 5.56 Å². The Morgan fingerprint density at radius 2 is 1.93 bits per heavy atom. The average Bonchev–Trinajstić information content (AvgIpc) is 2.26. The second-order valence-electron chi connectivity index (χ2n) is 3.09. The second-order valence-corrected chi connectivity index (χ2v) is 3.53. The maximum atomic E-state index is 10.5. The fourth-order valence-electron chi connectivity index (χ4n) is 1.05. The summed E-state index contributed by atoms with van der Waals surface area (Å²) in [6.07, 6.45) is 0. The van der Waals surface area contributed by atoms with Gasteiger partial charge in [-0.2, -0.15) is 0 Å². The summed E-state index contributed by atoms with van der Waals surface area (Å²) >= 11 is 6.12. The maximum absolute atomic E-state index is 10.5. The zero-order valence-corrected chi connectivity index (χ0v) is 9.36. The Kier molecular flexibility index (Phi) is 4.31. The summed E-state index contributed by atoms with van der Waals surface area (Å²) in [7, 11) is 0. The molecular weight excluding hydrogens is 214 g/mol. The Morgan fingerprint density at radius 1 is 1.33 bits per heavy atom. The number of hydrogen-bond acceptors (Lipinski definition) is 3. The number of nitrogens with zero attached hydrogens (tertiary/aromatic N) is 1. The molecule has 0 aliphatic carbocycles. The minimum Gasteiger partial charge on any atom is -0.319 e. The van der Waals surface area contributed by atoms with Crippen LogP contribution in [0.3, 0.4) is 0 Å². The fourth-order valence-corrected chi connectivity index (χ4v) is 1.23. The number of halogens is 1. The van der Waals surface area contributed by atoms with Gasteiger partial charge in [-0.15, -0.1) is 11.6 Å². The Hall–Kier alpha value is -1.35. The van der Waals surface area contributed by atoms with Crippen LogP contribution in [0, 0.1) is 0 Å². The first-order valence-corrected chi connectivity index (χ1v) is 4.96. The molecule has 0 heterocycles. The normalized spacial score (nSPS) is 13.4. The molecule has 15 heavy (non-hydrogen) atoms. The third kappa shape index (κ3) is 3.72. The quantitative estimate of drug-likeness (QED) is 0.343. The smallest absolute Gasteiger partial charge is 0.319 e. The molecule has 80 valence electrons. The van der Waals surface area contributed by atoms with Crippen molar-refractivity contribution in [2.75, 3.05) is 0 Å². The van der Waals surface area contributed by atoms with Crippen molar-refractivity contribution in [3.8, 4) is 0 Å². The molecule has 1 aromatic carbocycles. The van der Waals surface area contributed by atoms with Gasteiger partial charge in [0.25, 0.3) is 0 Å². The molecule has 0 bridgehead atoms. The number of carbonyl (C=O) groups excluding carboxylic acids is 1. The largest absolute Gasteiger partial charge is 0.331 e. The van der Waals surface area contributed by atoms with E-state index in [-0.39, 0.29) is 5.38 Å². The van der Waals surface area contributed by atoms with Crippen LogP contribution in [0.2, 0.25) is 0 Å². The van der Waals surface area contributed by atoms with Crippen LogP contribution >= 0.6 is 11.6 Å². The highest BCUT2D eigenvalue weighted by Gasteiger charge is 2.11. The van der Waals surface area contributed by atoms with E-state index in [9.17, 15) is 4.79 Å². The molecule has 1 aromatic rings. The van der Waals surface area contributed by atoms with Gasteiger partial charge >= 0.3 is 5.97 Å². The summed E-state index contributed by atoms with van der Waals surface area (Å²) in [5.41, 5.74) is 1.48. The predicted molar refractivity (Wildman–Crippen MR) is 59.9 cm³/mol. The number of benzene rings is 1. The summed E-state index contributed by atoms with van der Waals surface area (Å²) in [6.45, 7) is 3.01. The van der Waals surface area contributed by atoms with Crippen LogP contribution in [0.5, 0.6) is 0 Å². The summed E-state index contributed by atoms with van der Waals surface area (Å²) in [5.74, 6) is -0.453. The lowest BCUT2D eigenvalue weighted by molar-refractivity contribution is -0.140. The minimum atomic E-state index is -0.453. The lowest BCUT2D eigenvalue weighted by atomic mass is 10.1. The van der Waals surface area contributed by atoms with Gasteiger partial charge in [0.2, 0.25) is 0 Å². The Bertz CT molecular complexity index is 362. The van der Waals surface area contributed by atoms with Crippen molar-refractivity contribution < 1.29 is 9.63 Å². The average molecular weight is 226 g/mol. The fraction of sp³-hybridized carbons (Fsp3) is 0.273. The lowest BCUT2D eigenvalue weighted by Gasteiger charge is -2.07. The van der Waals surface area contributed by atoms with E-state index in [1.165, 1.54) is 6.92 Å². The molecule has 3 nitrogen and oxygen atoms in total. The summed E-state index contributed by atoms with van der Waals surface area (Å²) in [5, 5.41) is 3.27. The molecule has 0 aliphatic heterocycles. The molecular formula is C11H12ClNO2. The standard InChI is InChI=1S/C11H12ClNO2/c1-8(13-15-9(2)14)11(12)10-6-4-3-5-7-10/h3-7,11H,1-2H3. The van der Waals surface area contributed by atoms with Crippen molar-refractivity contribution in [1.29, 1.82) is 0 Å². The molecule has 0 amide bonds. The van der Waals surface area contributed by atoms with Crippen LogP contribution in [-0.2, 0) is 9.63 Å². The highest BCUT2D eigenvalue weighted by atomic mass is 35.5. The first-order valence-electron chi connectivity index (χ1n) is 4.52. The molecule has 4 heteroatoms. The molecule has 0 aliphatic rings. The van der Waals surface area contributed by atoms with Gasteiger partial charge in [-0.05, 0) is 12.5 Å². The third-order valence-electron chi connectivity index (χ3n) is 1.78. The van der Waals surface area contributed by atoms with Crippen LogP contribution in [-0.4, -0.2) is 11.7 Å². The van der Waals surface area contributed by atoms with Crippen molar-refractivity contribution in [3.05, 3.63) is 35.9 Å². The van der Waals surface area contributed by atoms with Gasteiger partial charge in [-0.1, -0.05) is 35.5 Å². The van der Waals surface area contributed by atoms with Crippen LogP contribution in [0.15, 0.2) is 35.5 Å². The minimum absolute atomic E-state index is 0.370. The number of rotatable bonds is 3. The molecule has 0 spiro atoms. The zero-order valence-electron chi connectivity index (χ0n) is 8.61. The number of carbonyl (C=O) groups is 1. The van der Waals surface area contributed by atoms with E-state index >= 15 is 0 Å². The summed E-state index contributed by atoms with van der Waals surface area (Å²) < 4.78 is 0. The van der Waals surface area contributed by atoms with E-state index in [4.69, 9.17) is 11.6 Å². The number of oxime groups is 1. The van der Waals surface area contributed by atoms with Crippen molar-refractivity contribution in [2.24, 2.45) is 5.16 Å².